The Morgan fingerprint density at radius 3 is 2.50 bits per heavy atom. The monoisotopic (exact) mass is 224 g/mol. The van der Waals surface area contributed by atoms with Gasteiger partial charge in [0.05, 0.1) is 17.4 Å². The van der Waals surface area contributed by atoms with Crippen molar-refractivity contribution in [2.75, 3.05) is 0 Å². The van der Waals surface area contributed by atoms with Crippen LogP contribution in [-0.2, 0) is 6.61 Å². The van der Waals surface area contributed by atoms with Crippen molar-refractivity contribution in [1.82, 2.24) is 0 Å². The summed E-state index contributed by atoms with van der Waals surface area (Å²) in [6.07, 6.45) is 0.766. The number of rotatable bonds is 1. The van der Waals surface area contributed by atoms with E-state index in [-0.39, 0.29) is 16.3 Å². The molecule has 0 spiro atoms. The molecule has 1 aromatic carbocycles. The number of benzene rings is 1. The van der Waals surface area contributed by atoms with Crippen molar-refractivity contribution < 1.29 is 24.8 Å². The number of aromatic hydroxyl groups is 3. The second-order valence-corrected chi connectivity index (χ2v) is 3.22. The van der Waals surface area contributed by atoms with Gasteiger partial charge in [0.1, 0.15) is 6.26 Å². The maximum atomic E-state index is 11.3. The molecule has 6 heteroatoms. The Morgan fingerprint density at radius 1 is 1.19 bits per heavy atom. The molecule has 4 N–H and O–H groups in total. The van der Waals surface area contributed by atoms with E-state index in [0.29, 0.717) is 0 Å². The first-order valence-corrected chi connectivity index (χ1v) is 4.35. The summed E-state index contributed by atoms with van der Waals surface area (Å²) in [6, 6.07) is 1.15. The summed E-state index contributed by atoms with van der Waals surface area (Å²) >= 11 is 0. The van der Waals surface area contributed by atoms with E-state index in [2.05, 4.69) is 4.42 Å². The minimum Gasteiger partial charge on any atom is -0.504 e. The summed E-state index contributed by atoms with van der Waals surface area (Å²) in [7, 11) is 0. The molecule has 0 bridgehead atoms. The second-order valence-electron chi connectivity index (χ2n) is 3.22. The van der Waals surface area contributed by atoms with Gasteiger partial charge < -0.3 is 24.8 Å². The minimum atomic E-state index is -0.780. The topological polar surface area (TPSA) is 111 Å². The maximum absolute atomic E-state index is 11.3. The van der Waals surface area contributed by atoms with Gasteiger partial charge in [-0.1, -0.05) is 0 Å². The summed E-state index contributed by atoms with van der Waals surface area (Å²) in [6.45, 7) is -0.551. The van der Waals surface area contributed by atoms with Gasteiger partial charge in [-0.2, -0.15) is 0 Å². The molecule has 0 atom stereocenters. The Hall–Kier alpha value is -2.21. The lowest BCUT2D eigenvalue weighted by Gasteiger charge is -2.07. The smallest absolute Gasteiger partial charge is 0.343 e. The Labute approximate surface area is 88.6 Å². The molecular formula is C10H8O6. The SMILES string of the molecule is O=c1occ(O)c2c(O)c(O)c(CO)cc12. The zero-order valence-electron chi connectivity index (χ0n) is 7.97. The van der Waals surface area contributed by atoms with Crippen LogP contribution >= 0.6 is 0 Å². The average Bonchev–Trinajstić information content (AvgIpc) is 2.27. The van der Waals surface area contributed by atoms with Gasteiger partial charge in [0, 0.05) is 5.56 Å². The molecule has 2 aromatic rings. The molecule has 1 aromatic heterocycles. The van der Waals surface area contributed by atoms with Crippen LogP contribution < -0.4 is 5.63 Å². The van der Waals surface area contributed by atoms with Crippen molar-refractivity contribution in [3.05, 3.63) is 28.3 Å². The van der Waals surface area contributed by atoms with Gasteiger partial charge in [-0.3, -0.25) is 0 Å². The largest absolute Gasteiger partial charge is 0.504 e. The van der Waals surface area contributed by atoms with Crippen LogP contribution in [0.5, 0.6) is 17.2 Å². The highest BCUT2D eigenvalue weighted by Gasteiger charge is 2.17. The van der Waals surface area contributed by atoms with E-state index in [9.17, 15) is 20.1 Å². The van der Waals surface area contributed by atoms with Gasteiger partial charge in [0.25, 0.3) is 0 Å². The molecule has 0 aliphatic heterocycles. The number of hydrogen-bond donors (Lipinski definition) is 4. The molecule has 16 heavy (non-hydrogen) atoms. The van der Waals surface area contributed by atoms with Crippen molar-refractivity contribution in [2.24, 2.45) is 0 Å². The summed E-state index contributed by atoms with van der Waals surface area (Å²) < 4.78 is 4.49. The third-order valence-electron chi connectivity index (χ3n) is 2.28. The Morgan fingerprint density at radius 2 is 1.88 bits per heavy atom. The normalized spacial score (nSPS) is 10.8. The third kappa shape index (κ3) is 1.28. The van der Waals surface area contributed by atoms with Crippen molar-refractivity contribution >= 4 is 10.8 Å². The highest BCUT2D eigenvalue weighted by molar-refractivity contribution is 5.94. The number of hydrogen-bond acceptors (Lipinski definition) is 6. The van der Waals surface area contributed by atoms with Gasteiger partial charge in [-0.25, -0.2) is 4.79 Å². The van der Waals surface area contributed by atoms with E-state index in [1.54, 1.807) is 0 Å². The average molecular weight is 224 g/mol. The van der Waals surface area contributed by atoms with Crippen LogP contribution in [-0.4, -0.2) is 20.4 Å². The number of phenolic OH excluding ortho intramolecular Hbond substituents is 1. The fourth-order valence-electron chi connectivity index (χ4n) is 1.49. The molecule has 84 valence electrons. The van der Waals surface area contributed by atoms with Gasteiger partial charge in [-0.05, 0) is 6.07 Å². The third-order valence-corrected chi connectivity index (χ3v) is 2.28. The first-order valence-electron chi connectivity index (χ1n) is 4.35. The Kier molecular flexibility index (Phi) is 2.21. The Bertz CT molecular complexity index is 613. The van der Waals surface area contributed by atoms with Crippen LogP contribution in [0.15, 0.2) is 21.5 Å². The summed E-state index contributed by atoms with van der Waals surface area (Å²) in [5.41, 5.74) is -0.805. The zero-order valence-corrected chi connectivity index (χ0v) is 7.97. The molecule has 0 saturated carbocycles. The Balaban J connectivity index is 3.04. The van der Waals surface area contributed by atoms with Crippen molar-refractivity contribution in [3.8, 4) is 17.2 Å². The van der Waals surface area contributed by atoms with Gasteiger partial charge in [0.15, 0.2) is 17.2 Å². The lowest BCUT2D eigenvalue weighted by Crippen LogP contribution is -2.00. The molecular weight excluding hydrogens is 216 g/mol. The van der Waals surface area contributed by atoms with Crippen molar-refractivity contribution in [2.45, 2.75) is 6.61 Å². The lowest BCUT2D eigenvalue weighted by atomic mass is 10.1. The standard InChI is InChI=1S/C10H8O6/c11-2-4-1-5-7(9(14)8(4)13)6(12)3-16-10(5)15/h1,3,11-14H,2H2. The quantitative estimate of drug-likeness (QED) is 0.522. The number of fused-ring (bicyclic) bond motifs is 1. The van der Waals surface area contributed by atoms with Crippen LogP contribution in [0.2, 0.25) is 0 Å². The number of aliphatic hydroxyl groups is 1. The highest BCUT2D eigenvalue weighted by atomic mass is 16.4. The minimum absolute atomic E-state index is 0.0251. The van der Waals surface area contributed by atoms with Crippen LogP contribution in [0, 0.1) is 0 Å². The molecule has 1 heterocycles. The summed E-state index contributed by atoms with van der Waals surface area (Å²) in [4.78, 5) is 11.3. The van der Waals surface area contributed by atoms with Crippen LogP contribution in [0.4, 0.5) is 0 Å². The van der Waals surface area contributed by atoms with Gasteiger partial charge in [0.2, 0.25) is 0 Å². The first kappa shape index (κ1) is 10.3. The van der Waals surface area contributed by atoms with Crippen molar-refractivity contribution in [1.29, 1.82) is 0 Å². The molecule has 6 nitrogen and oxygen atoms in total. The first-order chi connectivity index (χ1) is 7.56. The molecule has 2 rings (SSSR count). The second kappa shape index (κ2) is 3.42. The number of phenols is 2. The molecule has 0 amide bonds. The van der Waals surface area contributed by atoms with E-state index < -0.39 is 29.5 Å². The lowest BCUT2D eigenvalue weighted by molar-refractivity contribution is 0.273. The molecule has 0 aliphatic carbocycles. The summed E-state index contributed by atoms with van der Waals surface area (Å²) in [5, 5.41) is 37.0. The molecule has 0 aliphatic rings. The van der Waals surface area contributed by atoms with E-state index in [0.717, 1.165) is 12.3 Å². The zero-order chi connectivity index (χ0) is 11.9. The number of aliphatic hydroxyl groups excluding tert-OH is 1. The fourth-order valence-corrected chi connectivity index (χ4v) is 1.49. The molecule has 0 radical (unpaired) electrons. The van der Waals surface area contributed by atoms with Crippen LogP contribution in [0.3, 0.4) is 0 Å². The van der Waals surface area contributed by atoms with E-state index in [1.165, 1.54) is 0 Å². The predicted octanol–water partition coefficient (Wildman–Crippen LogP) is 0.402. The van der Waals surface area contributed by atoms with Crippen LogP contribution in [0.25, 0.3) is 10.8 Å². The fraction of sp³-hybridized carbons (Fsp3) is 0.100. The van der Waals surface area contributed by atoms with Crippen molar-refractivity contribution in [3.63, 3.8) is 0 Å². The van der Waals surface area contributed by atoms with E-state index >= 15 is 0 Å². The maximum Gasteiger partial charge on any atom is 0.343 e. The molecule has 0 fully saturated rings. The molecule has 0 saturated heterocycles. The highest BCUT2D eigenvalue weighted by Crippen LogP contribution is 2.39. The van der Waals surface area contributed by atoms with Gasteiger partial charge >= 0.3 is 5.63 Å². The van der Waals surface area contributed by atoms with Crippen LogP contribution in [0.1, 0.15) is 5.56 Å². The van der Waals surface area contributed by atoms with E-state index in [4.69, 9.17) is 5.11 Å². The predicted molar refractivity (Wildman–Crippen MR) is 53.4 cm³/mol. The van der Waals surface area contributed by atoms with E-state index in [1.807, 2.05) is 0 Å². The van der Waals surface area contributed by atoms with Gasteiger partial charge in [-0.15, -0.1) is 0 Å². The summed E-state index contributed by atoms with van der Waals surface area (Å²) in [5.74, 6) is -1.70. The molecule has 0 unspecified atom stereocenters.